The molecule has 0 amide bonds. The number of nitrogens with two attached hydrogens (primary N) is 1. The Hall–Kier alpha value is -1.76. The maximum absolute atomic E-state index is 5.84. The van der Waals surface area contributed by atoms with Gasteiger partial charge in [-0.25, -0.2) is 9.97 Å². The third-order valence-corrected chi connectivity index (χ3v) is 2.99. The first-order valence-electron chi connectivity index (χ1n) is 6.00. The van der Waals surface area contributed by atoms with Crippen LogP contribution in [0.15, 0.2) is 22.3 Å². The van der Waals surface area contributed by atoms with Gasteiger partial charge in [-0.3, -0.25) is 5.10 Å². The number of pyridine rings is 1. The zero-order valence-corrected chi connectivity index (χ0v) is 12.0. The van der Waals surface area contributed by atoms with Crippen LogP contribution in [0.3, 0.4) is 0 Å². The van der Waals surface area contributed by atoms with Crippen LogP contribution in [-0.4, -0.2) is 26.8 Å². The van der Waals surface area contributed by atoms with Gasteiger partial charge in [0.15, 0.2) is 0 Å². The number of aromatic nitrogens is 4. The fourth-order valence-corrected chi connectivity index (χ4v) is 2.04. The molecule has 0 saturated carbocycles. The molecule has 0 unspecified atom stereocenters. The number of nitrogen functional groups attached to an aromatic ring is 1. The van der Waals surface area contributed by atoms with Crippen LogP contribution in [0.4, 0.5) is 5.69 Å². The molecule has 0 aromatic carbocycles. The van der Waals surface area contributed by atoms with Crippen LogP contribution in [0.25, 0.3) is 0 Å². The first-order valence-corrected chi connectivity index (χ1v) is 6.82. The molecular weight excluding hydrogens is 262 g/mol. The zero-order chi connectivity index (χ0) is 13.8. The van der Waals surface area contributed by atoms with E-state index < -0.39 is 0 Å². The lowest BCUT2D eigenvalue weighted by molar-refractivity contribution is 0.261. The van der Waals surface area contributed by atoms with E-state index >= 15 is 0 Å². The quantitative estimate of drug-likeness (QED) is 0.872. The number of hydrogen-bond donors (Lipinski definition) is 2. The first kappa shape index (κ1) is 13.7. The van der Waals surface area contributed by atoms with Crippen molar-refractivity contribution in [3.05, 3.63) is 18.0 Å². The molecule has 2 heterocycles. The van der Waals surface area contributed by atoms with E-state index in [-0.39, 0.29) is 0 Å². The number of nitrogens with one attached hydrogen (secondary N) is 1. The highest BCUT2D eigenvalue weighted by atomic mass is 32.2. The van der Waals surface area contributed by atoms with Crippen molar-refractivity contribution in [2.45, 2.75) is 31.0 Å². The zero-order valence-electron chi connectivity index (χ0n) is 11.2. The summed E-state index contributed by atoms with van der Waals surface area (Å²) in [6, 6.07) is 3.61. The fourth-order valence-electron chi connectivity index (χ4n) is 1.31. The van der Waals surface area contributed by atoms with Crippen molar-refractivity contribution in [1.82, 2.24) is 20.2 Å². The fraction of sp³-hybridized carbons (Fsp3) is 0.417. The Morgan fingerprint density at radius 2 is 2.16 bits per heavy atom. The number of hydrogen-bond acceptors (Lipinski definition) is 6. The summed E-state index contributed by atoms with van der Waals surface area (Å²) in [7, 11) is 0. The molecule has 3 N–H and O–H groups in total. The molecule has 2 rings (SSSR count). The van der Waals surface area contributed by atoms with Crippen LogP contribution in [0.2, 0.25) is 0 Å². The largest absolute Gasteiger partial charge is 0.476 e. The molecular formula is C12H17N5OS. The van der Waals surface area contributed by atoms with E-state index in [1.54, 1.807) is 6.07 Å². The molecule has 0 spiro atoms. The second-order valence-corrected chi connectivity index (χ2v) is 5.54. The van der Waals surface area contributed by atoms with Crippen molar-refractivity contribution in [2.75, 3.05) is 12.3 Å². The minimum Gasteiger partial charge on any atom is -0.476 e. The number of aromatic amines is 1. The highest BCUT2D eigenvalue weighted by molar-refractivity contribution is 7.99. The Kier molecular flexibility index (Phi) is 4.26. The summed E-state index contributed by atoms with van der Waals surface area (Å²) >= 11 is 1.37. The molecule has 102 valence electrons. The van der Waals surface area contributed by atoms with Crippen LogP contribution in [0.1, 0.15) is 19.7 Å². The molecule has 0 aliphatic heterocycles. The molecule has 2 aromatic heterocycles. The van der Waals surface area contributed by atoms with E-state index in [9.17, 15) is 0 Å². The Balaban J connectivity index is 2.11. The topological polar surface area (TPSA) is 89.7 Å². The Morgan fingerprint density at radius 3 is 2.79 bits per heavy atom. The van der Waals surface area contributed by atoms with Gasteiger partial charge in [-0.1, -0.05) is 13.8 Å². The molecule has 0 aliphatic carbocycles. The minimum atomic E-state index is 0.424. The average molecular weight is 279 g/mol. The smallest absolute Gasteiger partial charge is 0.238 e. The Bertz CT molecular complexity index is 555. The summed E-state index contributed by atoms with van der Waals surface area (Å²) in [5.74, 6) is 1.66. The summed E-state index contributed by atoms with van der Waals surface area (Å²) < 4.78 is 5.58. The second-order valence-electron chi connectivity index (χ2n) is 4.55. The number of rotatable bonds is 5. The Morgan fingerprint density at radius 1 is 1.37 bits per heavy atom. The van der Waals surface area contributed by atoms with Crippen molar-refractivity contribution < 1.29 is 4.74 Å². The Labute approximate surface area is 116 Å². The van der Waals surface area contributed by atoms with E-state index in [1.165, 1.54) is 11.8 Å². The van der Waals surface area contributed by atoms with E-state index in [0.29, 0.717) is 29.2 Å². The molecule has 0 atom stereocenters. The molecule has 0 bridgehead atoms. The maximum Gasteiger partial charge on any atom is 0.238 e. The third kappa shape index (κ3) is 3.85. The third-order valence-electron chi connectivity index (χ3n) is 2.19. The van der Waals surface area contributed by atoms with Crippen molar-refractivity contribution in [3.63, 3.8) is 0 Å². The van der Waals surface area contributed by atoms with Gasteiger partial charge in [-0.05, 0) is 36.7 Å². The van der Waals surface area contributed by atoms with Gasteiger partial charge in [0.25, 0.3) is 0 Å². The predicted octanol–water partition coefficient (Wildman–Crippen LogP) is 2.28. The number of H-pyrrole nitrogens is 1. The summed E-state index contributed by atoms with van der Waals surface area (Å²) in [6.07, 6.45) is 0. The van der Waals surface area contributed by atoms with Crippen molar-refractivity contribution in [2.24, 2.45) is 5.92 Å². The van der Waals surface area contributed by atoms with Crippen LogP contribution >= 0.6 is 11.8 Å². The highest BCUT2D eigenvalue weighted by Crippen LogP contribution is 2.27. The molecule has 6 nitrogen and oxygen atoms in total. The van der Waals surface area contributed by atoms with Crippen LogP contribution in [-0.2, 0) is 0 Å². The number of aryl methyl sites for hydroxylation is 1. The average Bonchev–Trinajstić information content (AvgIpc) is 2.75. The van der Waals surface area contributed by atoms with Gasteiger partial charge < -0.3 is 10.5 Å². The van der Waals surface area contributed by atoms with E-state index in [2.05, 4.69) is 34.0 Å². The van der Waals surface area contributed by atoms with Crippen LogP contribution in [0.5, 0.6) is 5.88 Å². The summed E-state index contributed by atoms with van der Waals surface area (Å²) in [5, 5.41) is 8.23. The number of ether oxygens (including phenoxy) is 1. The molecule has 0 saturated heterocycles. The monoisotopic (exact) mass is 279 g/mol. The molecule has 0 fully saturated rings. The van der Waals surface area contributed by atoms with Crippen molar-refractivity contribution in [3.8, 4) is 5.88 Å². The number of nitrogens with zero attached hydrogens (tertiary/aromatic N) is 3. The lowest BCUT2D eigenvalue weighted by atomic mass is 10.2. The van der Waals surface area contributed by atoms with Crippen LogP contribution < -0.4 is 10.5 Å². The standard InChI is InChI=1S/C12H17N5OS/c1-7(2)6-18-11-9(13)4-5-10(15-11)19-12-14-8(3)16-17-12/h4-5,7H,6,13H2,1-3H3,(H,14,16,17). The van der Waals surface area contributed by atoms with Gasteiger partial charge in [-0.2, -0.15) is 0 Å². The molecule has 19 heavy (non-hydrogen) atoms. The van der Waals surface area contributed by atoms with Crippen molar-refractivity contribution >= 4 is 17.4 Å². The predicted molar refractivity (Wildman–Crippen MR) is 74.2 cm³/mol. The van der Waals surface area contributed by atoms with Crippen molar-refractivity contribution in [1.29, 1.82) is 0 Å². The minimum absolute atomic E-state index is 0.424. The normalized spacial score (nSPS) is 10.9. The maximum atomic E-state index is 5.84. The van der Waals surface area contributed by atoms with Gasteiger partial charge in [-0.15, -0.1) is 5.10 Å². The van der Waals surface area contributed by atoms with E-state index in [0.717, 1.165) is 10.9 Å². The molecule has 0 radical (unpaired) electrons. The van der Waals surface area contributed by atoms with Gasteiger partial charge in [0.1, 0.15) is 10.9 Å². The lowest BCUT2D eigenvalue weighted by Gasteiger charge is -2.10. The van der Waals surface area contributed by atoms with Crippen LogP contribution in [0, 0.1) is 12.8 Å². The SMILES string of the molecule is Cc1nc(Sc2ccc(N)c(OCC(C)C)n2)n[nH]1. The second kappa shape index (κ2) is 5.92. The van der Waals surface area contributed by atoms with Gasteiger partial charge in [0.05, 0.1) is 12.3 Å². The summed E-state index contributed by atoms with van der Waals surface area (Å²) in [4.78, 5) is 8.59. The lowest BCUT2D eigenvalue weighted by Crippen LogP contribution is -2.07. The van der Waals surface area contributed by atoms with Gasteiger partial charge >= 0.3 is 0 Å². The molecule has 2 aromatic rings. The van der Waals surface area contributed by atoms with E-state index in [1.807, 2.05) is 13.0 Å². The summed E-state index contributed by atoms with van der Waals surface area (Å²) in [5.41, 5.74) is 6.38. The molecule has 0 aliphatic rings. The van der Waals surface area contributed by atoms with Gasteiger partial charge in [0, 0.05) is 0 Å². The van der Waals surface area contributed by atoms with E-state index in [4.69, 9.17) is 10.5 Å². The number of anilines is 1. The first-order chi connectivity index (χ1) is 9.04. The highest BCUT2D eigenvalue weighted by Gasteiger charge is 2.09. The molecule has 7 heteroatoms. The summed E-state index contributed by atoms with van der Waals surface area (Å²) in [6.45, 7) is 6.59. The van der Waals surface area contributed by atoms with Gasteiger partial charge in [0.2, 0.25) is 11.0 Å².